The van der Waals surface area contributed by atoms with E-state index >= 15 is 0 Å². The molecule has 0 spiro atoms. The Morgan fingerprint density at radius 1 is 1.22 bits per heavy atom. The largest absolute Gasteiger partial charge is 0.434 e. The van der Waals surface area contributed by atoms with Gasteiger partial charge in [0.25, 0.3) is 0 Å². The maximum atomic E-state index is 13.6. The minimum absolute atomic E-state index is 0. The van der Waals surface area contributed by atoms with Crippen molar-refractivity contribution >= 4 is 41.3 Å². The maximum Gasteiger partial charge on any atom is 0.434 e. The number of aliphatic imine (C=N–C) groups is 1. The number of nitrogens with one attached hydrogen (secondary N) is 2. The number of nitrogens with zero attached hydrogens (tertiary/aromatic N) is 2. The van der Waals surface area contributed by atoms with Gasteiger partial charge in [0.2, 0.25) is 0 Å². The van der Waals surface area contributed by atoms with Crippen molar-refractivity contribution in [2.24, 2.45) is 4.99 Å². The number of halogens is 6. The fraction of sp³-hybridized carbons (Fsp3) is 0.375. The summed E-state index contributed by atoms with van der Waals surface area (Å²) >= 11 is 0.882. The first-order valence-electron chi connectivity index (χ1n) is 7.77. The molecule has 1 aromatic heterocycles. The second kappa shape index (κ2) is 10.7. The molecule has 0 atom stereocenters. The first-order valence-corrected chi connectivity index (χ1v) is 8.65. The molecule has 0 aliphatic heterocycles. The Morgan fingerprint density at radius 3 is 2.56 bits per heavy atom. The second-order valence-corrected chi connectivity index (χ2v) is 6.17. The predicted molar refractivity (Wildman–Crippen MR) is 105 cm³/mol. The Morgan fingerprint density at radius 2 is 1.96 bits per heavy atom. The van der Waals surface area contributed by atoms with Gasteiger partial charge >= 0.3 is 6.18 Å². The van der Waals surface area contributed by atoms with Gasteiger partial charge in [-0.1, -0.05) is 6.07 Å². The SMILES string of the molecule is CCNC(=NCc1nc(C(F)(F)F)cs1)NCCc1ccc(F)cc1F.I. The minimum atomic E-state index is -4.47. The van der Waals surface area contributed by atoms with Crippen LogP contribution in [0, 0.1) is 11.6 Å². The van der Waals surface area contributed by atoms with Crippen LogP contribution in [0.3, 0.4) is 0 Å². The standard InChI is InChI=1S/C16H17F5N4S.HI/c1-2-22-15(23-6-5-10-3-4-11(17)7-12(10)18)24-8-14-25-13(9-26-14)16(19,20)21;/h3-4,7,9H,2,5-6,8H2,1H3,(H2,22,23,24);1H. The van der Waals surface area contributed by atoms with Crippen LogP contribution in [0.15, 0.2) is 28.6 Å². The molecule has 2 aromatic rings. The lowest BCUT2D eigenvalue weighted by Crippen LogP contribution is -2.38. The Hall–Kier alpha value is -1.50. The molecule has 0 aliphatic rings. The fourth-order valence-electron chi connectivity index (χ4n) is 2.04. The van der Waals surface area contributed by atoms with E-state index < -0.39 is 23.5 Å². The van der Waals surface area contributed by atoms with Crippen molar-refractivity contribution in [2.75, 3.05) is 13.1 Å². The number of hydrogen-bond donors (Lipinski definition) is 2. The molecule has 1 aromatic carbocycles. The lowest BCUT2D eigenvalue weighted by atomic mass is 10.1. The van der Waals surface area contributed by atoms with E-state index in [1.165, 1.54) is 12.1 Å². The van der Waals surface area contributed by atoms with Crippen LogP contribution in [0.25, 0.3) is 0 Å². The van der Waals surface area contributed by atoms with Crippen molar-refractivity contribution in [3.8, 4) is 0 Å². The topological polar surface area (TPSA) is 49.3 Å². The van der Waals surface area contributed by atoms with Gasteiger partial charge in [-0.25, -0.2) is 18.8 Å². The van der Waals surface area contributed by atoms with Crippen LogP contribution in [0.4, 0.5) is 22.0 Å². The number of rotatable bonds is 6. The normalized spacial score (nSPS) is 11.9. The van der Waals surface area contributed by atoms with Gasteiger partial charge in [0.05, 0.1) is 6.54 Å². The van der Waals surface area contributed by atoms with Gasteiger partial charge in [-0.15, -0.1) is 35.3 Å². The van der Waals surface area contributed by atoms with E-state index in [9.17, 15) is 22.0 Å². The van der Waals surface area contributed by atoms with Crippen LogP contribution in [0.1, 0.15) is 23.2 Å². The molecule has 150 valence electrons. The molecule has 0 amide bonds. The van der Waals surface area contributed by atoms with E-state index in [1.807, 2.05) is 6.92 Å². The first-order chi connectivity index (χ1) is 12.3. The van der Waals surface area contributed by atoms with Crippen LogP contribution in [-0.4, -0.2) is 24.0 Å². The Bertz CT molecular complexity index is 764. The highest BCUT2D eigenvalue weighted by Gasteiger charge is 2.33. The van der Waals surface area contributed by atoms with Crippen molar-refractivity contribution in [1.82, 2.24) is 15.6 Å². The molecule has 0 unspecified atom stereocenters. The molecular weight excluding hydrogens is 502 g/mol. The van der Waals surface area contributed by atoms with Crippen molar-refractivity contribution in [3.63, 3.8) is 0 Å². The van der Waals surface area contributed by atoms with Crippen LogP contribution in [0.2, 0.25) is 0 Å². The zero-order valence-corrected chi connectivity index (χ0v) is 17.4. The van der Waals surface area contributed by atoms with E-state index in [4.69, 9.17) is 0 Å². The van der Waals surface area contributed by atoms with Gasteiger partial charge in [0, 0.05) is 24.5 Å². The molecule has 0 saturated carbocycles. The summed E-state index contributed by atoms with van der Waals surface area (Å²) in [6.45, 7) is 2.69. The number of alkyl halides is 3. The molecule has 0 radical (unpaired) electrons. The third-order valence-corrected chi connectivity index (χ3v) is 4.09. The molecule has 2 N–H and O–H groups in total. The summed E-state index contributed by atoms with van der Waals surface area (Å²) in [6, 6.07) is 3.36. The number of aromatic nitrogens is 1. The molecule has 2 rings (SSSR count). The molecule has 1 heterocycles. The molecule has 11 heteroatoms. The molecule has 27 heavy (non-hydrogen) atoms. The average molecular weight is 520 g/mol. The van der Waals surface area contributed by atoms with Gasteiger partial charge in [-0.05, 0) is 25.0 Å². The predicted octanol–water partition coefficient (Wildman–Crippen LogP) is 4.36. The van der Waals surface area contributed by atoms with Crippen molar-refractivity contribution in [3.05, 3.63) is 51.5 Å². The van der Waals surface area contributed by atoms with E-state index in [0.29, 0.717) is 31.0 Å². The Balaban J connectivity index is 0.00000364. The maximum absolute atomic E-state index is 13.6. The van der Waals surface area contributed by atoms with Crippen LogP contribution >= 0.6 is 35.3 Å². The highest BCUT2D eigenvalue weighted by Crippen LogP contribution is 2.30. The van der Waals surface area contributed by atoms with Gasteiger partial charge in [-0.3, -0.25) is 0 Å². The Labute approximate surface area is 174 Å². The lowest BCUT2D eigenvalue weighted by molar-refractivity contribution is -0.140. The van der Waals surface area contributed by atoms with E-state index in [-0.39, 0.29) is 35.5 Å². The van der Waals surface area contributed by atoms with E-state index in [1.54, 1.807) is 0 Å². The van der Waals surface area contributed by atoms with Crippen LogP contribution < -0.4 is 10.6 Å². The summed E-state index contributed by atoms with van der Waals surface area (Å²) in [5, 5.41) is 7.07. The van der Waals surface area contributed by atoms with Gasteiger partial charge in [-0.2, -0.15) is 13.2 Å². The number of benzene rings is 1. The zero-order valence-electron chi connectivity index (χ0n) is 14.2. The molecule has 0 fully saturated rings. The summed E-state index contributed by atoms with van der Waals surface area (Å²) < 4.78 is 64.1. The molecule has 4 nitrogen and oxygen atoms in total. The van der Waals surface area contributed by atoms with Crippen LogP contribution in [-0.2, 0) is 19.1 Å². The van der Waals surface area contributed by atoms with Crippen molar-refractivity contribution in [2.45, 2.75) is 26.1 Å². The monoisotopic (exact) mass is 520 g/mol. The first kappa shape index (κ1) is 23.5. The molecular formula is C16H18F5IN4S. The average Bonchev–Trinajstić information content (AvgIpc) is 3.04. The smallest absolute Gasteiger partial charge is 0.357 e. The lowest BCUT2D eigenvalue weighted by Gasteiger charge is -2.11. The van der Waals surface area contributed by atoms with Gasteiger partial charge < -0.3 is 10.6 Å². The summed E-state index contributed by atoms with van der Waals surface area (Å²) in [5.74, 6) is -0.897. The summed E-state index contributed by atoms with van der Waals surface area (Å²) in [7, 11) is 0. The molecule has 0 bridgehead atoms. The fourth-order valence-corrected chi connectivity index (χ4v) is 2.77. The quantitative estimate of drug-likeness (QED) is 0.258. The zero-order chi connectivity index (χ0) is 19.2. The second-order valence-electron chi connectivity index (χ2n) is 5.23. The highest BCUT2D eigenvalue weighted by molar-refractivity contribution is 14.0. The van der Waals surface area contributed by atoms with E-state index in [2.05, 4.69) is 20.6 Å². The number of guanidine groups is 1. The third-order valence-electron chi connectivity index (χ3n) is 3.26. The van der Waals surface area contributed by atoms with Gasteiger partial charge in [0.15, 0.2) is 11.7 Å². The number of hydrogen-bond acceptors (Lipinski definition) is 3. The summed E-state index contributed by atoms with van der Waals surface area (Å²) in [6.07, 6.45) is -4.17. The summed E-state index contributed by atoms with van der Waals surface area (Å²) in [4.78, 5) is 7.68. The minimum Gasteiger partial charge on any atom is -0.357 e. The van der Waals surface area contributed by atoms with Gasteiger partial charge in [0.1, 0.15) is 16.6 Å². The Kier molecular flexibility index (Phi) is 9.36. The van der Waals surface area contributed by atoms with Crippen molar-refractivity contribution < 1.29 is 22.0 Å². The molecule has 0 saturated heterocycles. The summed E-state index contributed by atoms with van der Waals surface area (Å²) in [5.41, 5.74) is -0.582. The van der Waals surface area contributed by atoms with Crippen molar-refractivity contribution in [1.29, 1.82) is 0 Å². The van der Waals surface area contributed by atoms with Crippen LogP contribution in [0.5, 0.6) is 0 Å². The van der Waals surface area contributed by atoms with E-state index in [0.717, 1.165) is 22.8 Å². The molecule has 0 aliphatic carbocycles. The number of thiazole rings is 1. The highest BCUT2D eigenvalue weighted by atomic mass is 127. The third kappa shape index (κ3) is 7.56.